The Morgan fingerprint density at radius 1 is 1.38 bits per heavy atom. The maximum Gasteiger partial charge on any atom is 0.0488 e. The summed E-state index contributed by atoms with van der Waals surface area (Å²) in [4.78, 5) is 2.43. The van der Waals surface area contributed by atoms with E-state index in [-0.39, 0.29) is 5.54 Å². The number of hydrogen-bond donors (Lipinski definition) is 0. The number of hydrogen-bond acceptors (Lipinski definition) is 1. The van der Waals surface area contributed by atoms with Gasteiger partial charge in [-0.3, -0.25) is 0 Å². The third kappa shape index (κ3) is 2.16. The predicted molar refractivity (Wildman–Crippen MR) is 71.7 cm³/mol. The minimum Gasteiger partial charge on any atom is -0.366 e. The molecule has 0 N–H and O–H groups in total. The van der Waals surface area contributed by atoms with E-state index in [0.29, 0.717) is 5.88 Å². The van der Waals surface area contributed by atoms with Crippen molar-refractivity contribution in [2.24, 2.45) is 0 Å². The van der Waals surface area contributed by atoms with Crippen LogP contribution < -0.4 is 4.90 Å². The number of halogens is 2. The van der Waals surface area contributed by atoms with E-state index < -0.39 is 0 Å². The molecule has 1 saturated heterocycles. The summed E-state index contributed by atoms with van der Waals surface area (Å²) in [5.74, 6) is 0.475. The van der Waals surface area contributed by atoms with Crippen LogP contribution in [0.5, 0.6) is 0 Å². The second-order valence-corrected chi connectivity index (χ2v) is 5.65. The van der Waals surface area contributed by atoms with Gasteiger partial charge >= 0.3 is 0 Å². The van der Waals surface area contributed by atoms with Gasteiger partial charge in [-0.25, -0.2) is 0 Å². The third-order valence-corrected chi connectivity index (χ3v) is 4.03. The standard InChI is InChI=1S/C13H17Cl2N/c1-13(2)6-3-7-16(13)11-5-4-10(9-14)12(15)8-11/h4-5,8H,3,6-7,9H2,1-2H3. The van der Waals surface area contributed by atoms with Crippen molar-refractivity contribution >= 4 is 28.9 Å². The van der Waals surface area contributed by atoms with Gasteiger partial charge in [0.05, 0.1) is 0 Å². The van der Waals surface area contributed by atoms with Gasteiger partial charge in [-0.15, -0.1) is 11.6 Å². The number of nitrogens with zero attached hydrogens (tertiary/aromatic N) is 1. The largest absolute Gasteiger partial charge is 0.366 e. The van der Waals surface area contributed by atoms with Crippen LogP contribution in [-0.2, 0) is 5.88 Å². The molecule has 0 atom stereocenters. The summed E-state index contributed by atoms with van der Waals surface area (Å²) in [5.41, 5.74) is 2.46. The van der Waals surface area contributed by atoms with Crippen LogP contribution in [0.3, 0.4) is 0 Å². The highest BCUT2D eigenvalue weighted by molar-refractivity contribution is 6.32. The lowest BCUT2D eigenvalue weighted by Gasteiger charge is -2.34. The van der Waals surface area contributed by atoms with Crippen molar-refractivity contribution in [3.05, 3.63) is 28.8 Å². The van der Waals surface area contributed by atoms with E-state index in [4.69, 9.17) is 23.2 Å². The SMILES string of the molecule is CC1(C)CCCN1c1ccc(CCl)c(Cl)c1. The summed E-state index contributed by atoms with van der Waals surface area (Å²) in [6, 6.07) is 6.18. The van der Waals surface area contributed by atoms with Gasteiger partial charge in [-0.2, -0.15) is 0 Å². The predicted octanol–water partition coefficient (Wildman–Crippen LogP) is 4.46. The molecule has 1 aliphatic heterocycles. The number of anilines is 1. The Labute approximate surface area is 107 Å². The zero-order valence-electron chi connectivity index (χ0n) is 9.76. The normalized spacial score (nSPS) is 19.1. The van der Waals surface area contributed by atoms with Gasteiger partial charge in [-0.1, -0.05) is 17.7 Å². The molecule has 3 heteroatoms. The average Bonchev–Trinajstić information content (AvgIpc) is 2.58. The van der Waals surface area contributed by atoms with Gasteiger partial charge in [0, 0.05) is 28.7 Å². The first-order valence-electron chi connectivity index (χ1n) is 5.66. The van der Waals surface area contributed by atoms with Crippen LogP contribution in [0, 0.1) is 0 Å². The highest BCUT2D eigenvalue weighted by Crippen LogP contribution is 2.35. The molecule has 1 aromatic carbocycles. The minimum absolute atomic E-state index is 0.242. The monoisotopic (exact) mass is 257 g/mol. The Morgan fingerprint density at radius 3 is 2.62 bits per heavy atom. The first-order valence-corrected chi connectivity index (χ1v) is 6.58. The quantitative estimate of drug-likeness (QED) is 0.708. The van der Waals surface area contributed by atoms with E-state index in [1.807, 2.05) is 12.1 Å². The van der Waals surface area contributed by atoms with Crippen LogP contribution in [0.4, 0.5) is 5.69 Å². The summed E-state index contributed by atoms with van der Waals surface area (Å²) in [5, 5.41) is 0.773. The van der Waals surface area contributed by atoms with Crippen molar-refractivity contribution in [3.63, 3.8) is 0 Å². The number of alkyl halides is 1. The average molecular weight is 258 g/mol. The molecule has 0 aliphatic carbocycles. The van der Waals surface area contributed by atoms with E-state index >= 15 is 0 Å². The molecule has 1 nitrogen and oxygen atoms in total. The molecule has 1 heterocycles. The summed E-state index contributed by atoms with van der Waals surface area (Å²) in [6.45, 7) is 5.68. The van der Waals surface area contributed by atoms with Gasteiger partial charge < -0.3 is 4.90 Å². The van der Waals surface area contributed by atoms with E-state index in [2.05, 4.69) is 24.8 Å². The Hall–Kier alpha value is -0.400. The second-order valence-electron chi connectivity index (χ2n) is 4.98. The molecule has 0 aromatic heterocycles. The summed E-state index contributed by atoms with van der Waals surface area (Å²) >= 11 is 12.0. The summed E-state index contributed by atoms with van der Waals surface area (Å²) in [7, 11) is 0. The number of benzene rings is 1. The van der Waals surface area contributed by atoms with Crippen molar-refractivity contribution in [1.29, 1.82) is 0 Å². The molecular formula is C13H17Cl2N. The zero-order valence-corrected chi connectivity index (χ0v) is 11.3. The molecule has 1 fully saturated rings. The van der Waals surface area contributed by atoms with Gasteiger partial charge in [-0.05, 0) is 44.4 Å². The Balaban J connectivity index is 2.31. The highest BCUT2D eigenvalue weighted by Gasteiger charge is 2.31. The fourth-order valence-corrected chi connectivity index (χ4v) is 2.94. The van der Waals surface area contributed by atoms with Gasteiger partial charge in [0.2, 0.25) is 0 Å². The van der Waals surface area contributed by atoms with Crippen LogP contribution in [0.15, 0.2) is 18.2 Å². The maximum atomic E-state index is 6.19. The van der Waals surface area contributed by atoms with Gasteiger partial charge in [0.15, 0.2) is 0 Å². The number of rotatable bonds is 2. The molecule has 0 amide bonds. The van der Waals surface area contributed by atoms with Crippen LogP contribution in [0.1, 0.15) is 32.3 Å². The van der Waals surface area contributed by atoms with E-state index in [0.717, 1.165) is 17.1 Å². The van der Waals surface area contributed by atoms with Crippen molar-refractivity contribution in [2.75, 3.05) is 11.4 Å². The van der Waals surface area contributed by atoms with Crippen LogP contribution in [0.25, 0.3) is 0 Å². The molecule has 0 spiro atoms. The van der Waals surface area contributed by atoms with Crippen LogP contribution >= 0.6 is 23.2 Å². The first-order chi connectivity index (χ1) is 7.54. The Kier molecular flexibility index (Phi) is 3.37. The van der Waals surface area contributed by atoms with Crippen LogP contribution in [-0.4, -0.2) is 12.1 Å². The van der Waals surface area contributed by atoms with Gasteiger partial charge in [0.1, 0.15) is 0 Å². The second kappa shape index (κ2) is 4.46. The van der Waals surface area contributed by atoms with E-state index in [9.17, 15) is 0 Å². The molecule has 0 bridgehead atoms. The highest BCUT2D eigenvalue weighted by atomic mass is 35.5. The zero-order chi connectivity index (χ0) is 11.8. The molecule has 0 unspecified atom stereocenters. The first kappa shape index (κ1) is 12.1. The van der Waals surface area contributed by atoms with Crippen LogP contribution in [0.2, 0.25) is 5.02 Å². The third-order valence-electron chi connectivity index (χ3n) is 3.39. The minimum atomic E-state index is 0.242. The van der Waals surface area contributed by atoms with Crippen molar-refractivity contribution in [2.45, 2.75) is 38.1 Å². The lowest BCUT2D eigenvalue weighted by Crippen LogP contribution is -2.38. The van der Waals surface area contributed by atoms with Crippen molar-refractivity contribution in [3.8, 4) is 0 Å². The summed E-state index contributed by atoms with van der Waals surface area (Å²) < 4.78 is 0. The Bertz CT molecular complexity index is 388. The molecule has 1 aromatic rings. The molecule has 0 radical (unpaired) electrons. The molecule has 0 saturated carbocycles. The molecule has 2 rings (SSSR count). The van der Waals surface area contributed by atoms with Crippen molar-refractivity contribution in [1.82, 2.24) is 0 Å². The van der Waals surface area contributed by atoms with Gasteiger partial charge in [0.25, 0.3) is 0 Å². The lowest BCUT2D eigenvalue weighted by atomic mass is 10.0. The molecule has 1 aliphatic rings. The topological polar surface area (TPSA) is 3.24 Å². The maximum absolute atomic E-state index is 6.19. The fraction of sp³-hybridized carbons (Fsp3) is 0.538. The molecule has 16 heavy (non-hydrogen) atoms. The van der Waals surface area contributed by atoms with E-state index in [1.165, 1.54) is 18.5 Å². The molecule has 88 valence electrons. The fourth-order valence-electron chi connectivity index (χ4n) is 2.40. The molecular weight excluding hydrogens is 241 g/mol. The summed E-state index contributed by atoms with van der Waals surface area (Å²) in [6.07, 6.45) is 2.49. The Morgan fingerprint density at radius 2 is 2.12 bits per heavy atom. The van der Waals surface area contributed by atoms with E-state index in [1.54, 1.807) is 0 Å². The smallest absolute Gasteiger partial charge is 0.0488 e. The van der Waals surface area contributed by atoms with Crippen molar-refractivity contribution < 1.29 is 0 Å². The lowest BCUT2D eigenvalue weighted by molar-refractivity contribution is 0.518.